The number of hydrogen-bond acceptors (Lipinski definition) is 2. The molecule has 0 fully saturated rings. The van der Waals surface area contributed by atoms with E-state index in [0.717, 1.165) is 17.7 Å². The molecule has 2 aromatic heterocycles. The molecule has 3 rings (SSSR count). The number of carbonyl (C=O) groups is 1. The van der Waals surface area contributed by atoms with Crippen LogP contribution in [0, 0.1) is 12.3 Å². The van der Waals surface area contributed by atoms with Gasteiger partial charge in [0.15, 0.2) is 5.78 Å². The lowest BCUT2D eigenvalue weighted by Gasteiger charge is -2.31. The third kappa shape index (κ3) is 2.41. The third-order valence-corrected chi connectivity index (χ3v) is 4.47. The summed E-state index contributed by atoms with van der Waals surface area (Å²) in [5.74, 6) is 0.279. The Balaban J connectivity index is 2.11. The van der Waals surface area contributed by atoms with Gasteiger partial charge in [-0.15, -0.1) is 0 Å². The number of aromatic nitrogens is 2. The van der Waals surface area contributed by atoms with Gasteiger partial charge in [0.05, 0.1) is 6.04 Å². The van der Waals surface area contributed by atoms with Gasteiger partial charge in [-0.1, -0.05) is 19.9 Å². The Morgan fingerprint density at radius 1 is 1.33 bits per heavy atom. The van der Waals surface area contributed by atoms with Crippen molar-refractivity contribution < 1.29 is 4.79 Å². The standard InChI is InChI=1S/C18H22N2O/c1-12-8-15-16(9-18(3,4)10-17(15)21)20(12)13(2)14-6-5-7-19-11-14/h5-8,11,13H,9-10H2,1-4H3. The van der Waals surface area contributed by atoms with Crippen molar-refractivity contribution >= 4 is 5.78 Å². The van der Waals surface area contributed by atoms with E-state index >= 15 is 0 Å². The van der Waals surface area contributed by atoms with Crippen LogP contribution < -0.4 is 0 Å². The normalized spacial score (nSPS) is 18.4. The van der Waals surface area contributed by atoms with Gasteiger partial charge in [0.2, 0.25) is 0 Å². The van der Waals surface area contributed by atoms with Crippen molar-refractivity contribution in [2.45, 2.75) is 46.6 Å². The summed E-state index contributed by atoms with van der Waals surface area (Å²) in [5, 5.41) is 0. The molecule has 21 heavy (non-hydrogen) atoms. The van der Waals surface area contributed by atoms with Crippen LogP contribution in [0.15, 0.2) is 30.6 Å². The maximum absolute atomic E-state index is 12.4. The SMILES string of the molecule is Cc1cc2c(n1C(C)c1cccnc1)CC(C)(C)CC2=O. The van der Waals surface area contributed by atoms with Gasteiger partial charge >= 0.3 is 0 Å². The van der Waals surface area contributed by atoms with Crippen molar-refractivity contribution in [3.63, 3.8) is 0 Å². The van der Waals surface area contributed by atoms with Crippen molar-refractivity contribution in [2.75, 3.05) is 0 Å². The molecule has 3 heteroatoms. The average molecular weight is 282 g/mol. The molecule has 0 N–H and O–H groups in total. The molecule has 1 unspecified atom stereocenters. The van der Waals surface area contributed by atoms with Gasteiger partial charge in [0, 0.05) is 35.8 Å². The highest BCUT2D eigenvalue weighted by atomic mass is 16.1. The first-order valence-corrected chi connectivity index (χ1v) is 7.53. The first kappa shape index (κ1) is 14.1. The highest BCUT2D eigenvalue weighted by molar-refractivity contribution is 5.99. The molecule has 0 saturated heterocycles. The molecule has 3 nitrogen and oxygen atoms in total. The van der Waals surface area contributed by atoms with Gasteiger partial charge in [-0.25, -0.2) is 0 Å². The molecule has 0 saturated carbocycles. The first-order chi connectivity index (χ1) is 9.89. The zero-order chi connectivity index (χ0) is 15.2. The molecular weight excluding hydrogens is 260 g/mol. The summed E-state index contributed by atoms with van der Waals surface area (Å²) in [7, 11) is 0. The molecule has 0 spiro atoms. The van der Waals surface area contributed by atoms with Crippen LogP contribution in [-0.4, -0.2) is 15.3 Å². The van der Waals surface area contributed by atoms with Gasteiger partial charge in [0.1, 0.15) is 0 Å². The monoisotopic (exact) mass is 282 g/mol. The van der Waals surface area contributed by atoms with Crippen LogP contribution in [0.25, 0.3) is 0 Å². The molecule has 0 aromatic carbocycles. The van der Waals surface area contributed by atoms with E-state index < -0.39 is 0 Å². The number of hydrogen-bond donors (Lipinski definition) is 0. The van der Waals surface area contributed by atoms with Crippen LogP contribution in [-0.2, 0) is 6.42 Å². The fraction of sp³-hybridized carbons (Fsp3) is 0.444. The third-order valence-electron chi connectivity index (χ3n) is 4.47. The fourth-order valence-corrected chi connectivity index (χ4v) is 3.48. The summed E-state index contributed by atoms with van der Waals surface area (Å²) in [4.78, 5) is 16.6. The van der Waals surface area contributed by atoms with Crippen molar-refractivity contribution in [3.8, 4) is 0 Å². The number of rotatable bonds is 2. The smallest absolute Gasteiger partial charge is 0.165 e. The minimum Gasteiger partial charge on any atom is -0.341 e. The summed E-state index contributed by atoms with van der Waals surface area (Å²) in [5.41, 5.74) is 4.48. The van der Waals surface area contributed by atoms with Crippen molar-refractivity contribution in [1.29, 1.82) is 0 Å². The highest BCUT2D eigenvalue weighted by Gasteiger charge is 2.34. The maximum atomic E-state index is 12.4. The number of nitrogens with zero attached hydrogens (tertiary/aromatic N) is 2. The predicted octanol–water partition coefficient (Wildman–Crippen LogP) is 3.96. The van der Waals surface area contributed by atoms with Crippen LogP contribution in [0.3, 0.4) is 0 Å². The molecule has 1 aliphatic rings. The summed E-state index contributed by atoms with van der Waals surface area (Å²) in [6.07, 6.45) is 5.30. The van der Waals surface area contributed by atoms with Gasteiger partial charge in [-0.05, 0) is 43.4 Å². The molecule has 110 valence electrons. The van der Waals surface area contributed by atoms with Crippen molar-refractivity contribution in [1.82, 2.24) is 9.55 Å². The predicted molar refractivity (Wildman–Crippen MR) is 83.7 cm³/mol. The first-order valence-electron chi connectivity index (χ1n) is 7.53. The lowest BCUT2D eigenvalue weighted by Crippen LogP contribution is -2.28. The number of carbonyl (C=O) groups excluding carboxylic acids is 1. The van der Waals surface area contributed by atoms with E-state index in [1.807, 2.05) is 12.3 Å². The Bertz CT molecular complexity index is 683. The molecular formula is C18H22N2O. The van der Waals surface area contributed by atoms with Gasteiger partial charge in [-0.3, -0.25) is 9.78 Å². The Morgan fingerprint density at radius 2 is 2.10 bits per heavy atom. The number of aryl methyl sites for hydroxylation is 1. The van der Waals surface area contributed by atoms with Crippen LogP contribution in [0.2, 0.25) is 0 Å². The maximum Gasteiger partial charge on any atom is 0.165 e. The van der Waals surface area contributed by atoms with E-state index in [1.165, 1.54) is 11.3 Å². The van der Waals surface area contributed by atoms with Crippen molar-refractivity contribution in [3.05, 3.63) is 53.1 Å². The Kier molecular flexibility index (Phi) is 3.23. The molecule has 0 radical (unpaired) electrons. The number of pyridine rings is 1. The minimum atomic E-state index is 0.0429. The Morgan fingerprint density at radius 3 is 2.76 bits per heavy atom. The second-order valence-electron chi connectivity index (χ2n) is 6.92. The van der Waals surface area contributed by atoms with Crippen LogP contribution in [0.5, 0.6) is 0 Å². The number of ketones is 1. The van der Waals surface area contributed by atoms with E-state index in [0.29, 0.717) is 6.42 Å². The Hall–Kier alpha value is -1.90. The van der Waals surface area contributed by atoms with Crippen LogP contribution in [0.1, 0.15) is 60.5 Å². The average Bonchev–Trinajstić information content (AvgIpc) is 2.74. The number of fused-ring (bicyclic) bond motifs is 1. The second kappa shape index (κ2) is 4.83. The molecule has 1 aliphatic carbocycles. The summed E-state index contributed by atoms with van der Waals surface area (Å²) >= 11 is 0. The molecule has 2 aromatic rings. The zero-order valence-corrected chi connectivity index (χ0v) is 13.2. The van der Waals surface area contributed by atoms with Crippen molar-refractivity contribution in [2.24, 2.45) is 5.41 Å². The fourth-order valence-electron chi connectivity index (χ4n) is 3.48. The van der Waals surface area contributed by atoms with E-state index in [9.17, 15) is 4.79 Å². The van der Waals surface area contributed by atoms with E-state index in [-0.39, 0.29) is 17.2 Å². The minimum absolute atomic E-state index is 0.0429. The summed E-state index contributed by atoms with van der Waals surface area (Å²) in [6.45, 7) is 8.62. The van der Waals surface area contributed by atoms with E-state index in [1.54, 1.807) is 6.20 Å². The van der Waals surface area contributed by atoms with Gasteiger partial charge < -0.3 is 4.57 Å². The lowest BCUT2D eigenvalue weighted by atomic mass is 9.76. The summed E-state index contributed by atoms with van der Waals surface area (Å²) in [6, 6.07) is 6.31. The molecule has 1 atom stereocenters. The zero-order valence-electron chi connectivity index (χ0n) is 13.2. The molecule has 2 heterocycles. The quantitative estimate of drug-likeness (QED) is 0.835. The van der Waals surface area contributed by atoms with Crippen LogP contribution >= 0.6 is 0 Å². The Labute approximate surface area is 126 Å². The molecule has 0 bridgehead atoms. The largest absolute Gasteiger partial charge is 0.341 e. The van der Waals surface area contributed by atoms with E-state index in [2.05, 4.69) is 49.4 Å². The summed E-state index contributed by atoms with van der Waals surface area (Å²) < 4.78 is 2.31. The van der Waals surface area contributed by atoms with Crippen LogP contribution in [0.4, 0.5) is 0 Å². The van der Waals surface area contributed by atoms with E-state index in [4.69, 9.17) is 0 Å². The molecule has 0 amide bonds. The highest BCUT2D eigenvalue weighted by Crippen LogP contribution is 2.38. The van der Waals surface area contributed by atoms with Gasteiger partial charge in [-0.2, -0.15) is 0 Å². The topological polar surface area (TPSA) is 34.9 Å². The number of Topliss-reactive ketones (excluding diaryl/α,β-unsaturated/α-hetero) is 1. The van der Waals surface area contributed by atoms with Gasteiger partial charge in [0.25, 0.3) is 0 Å². The lowest BCUT2D eigenvalue weighted by molar-refractivity contribution is 0.0909. The molecule has 0 aliphatic heterocycles. The second-order valence-corrected chi connectivity index (χ2v) is 6.92.